The average Bonchev–Trinajstić information content (AvgIpc) is 2.85. The molecular weight excluding hydrogens is 244 g/mol. The van der Waals surface area contributed by atoms with E-state index in [1.54, 1.807) is 13.8 Å². The van der Waals surface area contributed by atoms with E-state index in [0.29, 0.717) is 11.3 Å². The second kappa shape index (κ2) is 5.43. The van der Waals surface area contributed by atoms with Gasteiger partial charge in [-0.25, -0.2) is 0 Å². The van der Waals surface area contributed by atoms with Crippen LogP contribution in [0.4, 0.5) is 5.88 Å². The third-order valence-corrected chi connectivity index (χ3v) is 3.43. The number of carbonyl (C=O) groups excluding carboxylic acids is 1. The van der Waals surface area contributed by atoms with E-state index in [4.69, 9.17) is 15.4 Å². The second-order valence-corrected chi connectivity index (χ2v) is 4.93. The van der Waals surface area contributed by atoms with Crippen LogP contribution < -0.4 is 11.1 Å². The van der Waals surface area contributed by atoms with Gasteiger partial charge >= 0.3 is 0 Å². The van der Waals surface area contributed by atoms with Crippen molar-refractivity contribution in [2.24, 2.45) is 5.73 Å². The number of likely N-dealkylation sites (tertiary alicyclic amines) is 1. The summed E-state index contributed by atoms with van der Waals surface area (Å²) in [6, 6.07) is 2.20. The topological polar surface area (TPSA) is 95.3 Å². The number of aryl methyl sites for hydroxylation is 1. The highest BCUT2D eigenvalue weighted by atomic mass is 16.4. The molecule has 0 aromatic carbocycles. The zero-order chi connectivity index (χ0) is 14.0. The summed E-state index contributed by atoms with van der Waals surface area (Å²) in [5.74, 6) is 0.709. The molecule has 2 rings (SSSR count). The summed E-state index contributed by atoms with van der Waals surface area (Å²) >= 11 is 0. The molecule has 2 heterocycles. The fourth-order valence-corrected chi connectivity index (χ4v) is 2.23. The first-order valence-corrected chi connectivity index (χ1v) is 6.29. The number of amides is 1. The zero-order valence-electron chi connectivity index (χ0n) is 11.2. The lowest BCUT2D eigenvalue weighted by Gasteiger charge is -2.13. The Morgan fingerprint density at radius 3 is 2.95 bits per heavy atom. The molecule has 6 heteroatoms. The molecule has 1 fully saturated rings. The van der Waals surface area contributed by atoms with E-state index in [1.807, 2.05) is 11.0 Å². The largest absolute Gasteiger partial charge is 0.444 e. The van der Waals surface area contributed by atoms with Crippen LogP contribution in [0.15, 0.2) is 4.42 Å². The zero-order valence-corrected chi connectivity index (χ0v) is 11.2. The van der Waals surface area contributed by atoms with E-state index in [2.05, 4.69) is 5.32 Å². The molecule has 0 unspecified atom stereocenters. The summed E-state index contributed by atoms with van der Waals surface area (Å²) in [6.45, 7) is 5.40. The number of anilines is 1. The molecule has 102 valence electrons. The van der Waals surface area contributed by atoms with Crippen LogP contribution in [-0.2, 0) is 4.79 Å². The van der Waals surface area contributed by atoms with E-state index < -0.39 is 0 Å². The van der Waals surface area contributed by atoms with Crippen LogP contribution in [0.2, 0.25) is 0 Å². The number of nitrogens with one attached hydrogen (secondary N) is 1. The Morgan fingerprint density at radius 1 is 1.63 bits per heavy atom. The molecule has 3 N–H and O–H groups in total. The van der Waals surface area contributed by atoms with Gasteiger partial charge in [0.1, 0.15) is 17.4 Å². The molecule has 1 aliphatic rings. The number of rotatable bonds is 3. The number of hydrogen-bond acceptors (Lipinski definition) is 5. The molecule has 19 heavy (non-hydrogen) atoms. The SMILES string of the molecule is Cc1oc(NC(=O)CN2CC[C@H](N)C2)c(C#N)c1C. The molecule has 0 saturated carbocycles. The van der Waals surface area contributed by atoms with Gasteiger partial charge in [0.25, 0.3) is 0 Å². The van der Waals surface area contributed by atoms with Crippen molar-refractivity contribution in [3.05, 3.63) is 16.9 Å². The van der Waals surface area contributed by atoms with Crippen molar-refractivity contribution in [1.29, 1.82) is 5.26 Å². The minimum absolute atomic E-state index is 0.149. The molecular formula is C13H18N4O2. The Bertz CT molecular complexity index is 529. The van der Waals surface area contributed by atoms with Gasteiger partial charge in [-0.3, -0.25) is 15.0 Å². The lowest BCUT2D eigenvalue weighted by molar-refractivity contribution is -0.117. The van der Waals surface area contributed by atoms with Crippen molar-refractivity contribution in [3.63, 3.8) is 0 Å². The normalized spacial score (nSPS) is 19.4. The smallest absolute Gasteiger partial charge is 0.240 e. The van der Waals surface area contributed by atoms with Crippen LogP contribution in [0.1, 0.15) is 23.3 Å². The first-order chi connectivity index (χ1) is 9.01. The number of carbonyl (C=O) groups is 1. The van der Waals surface area contributed by atoms with Crippen LogP contribution in [0, 0.1) is 25.2 Å². The highest BCUT2D eigenvalue weighted by molar-refractivity contribution is 5.92. The predicted octanol–water partition coefficient (Wildman–Crippen LogP) is 0.740. The molecule has 0 spiro atoms. The Kier molecular flexibility index (Phi) is 3.88. The third-order valence-electron chi connectivity index (χ3n) is 3.43. The average molecular weight is 262 g/mol. The van der Waals surface area contributed by atoms with Crippen molar-refractivity contribution in [3.8, 4) is 6.07 Å². The van der Waals surface area contributed by atoms with Gasteiger partial charge in [-0.15, -0.1) is 0 Å². The van der Waals surface area contributed by atoms with E-state index >= 15 is 0 Å². The van der Waals surface area contributed by atoms with Crippen molar-refractivity contribution < 1.29 is 9.21 Å². The van der Waals surface area contributed by atoms with Crippen LogP contribution in [0.5, 0.6) is 0 Å². The number of nitriles is 1. The molecule has 1 aromatic rings. The number of nitrogens with two attached hydrogens (primary N) is 1. The molecule has 0 radical (unpaired) electrons. The van der Waals surface area contributed by atoms with Gasteiger partial charge < -0.3 is 10.2 Å². The Hall–Kier alpha value is -1.84. The summed E-state index contributed by atoms with van der Waals surface area (Å²) in [4.78, 5) is 13.9. The lowest BCUT2D eigenvalue weighted by atomic mass is 10.2. The molecule has 1 aromatic heterocycles. The van der Waals surface area contributed by atoms with Gasteiger partial charge in [0.15, 0.2) is 0 Å². The fraction of sp³-hybridized carbons (Fsp3) is 0.538. The first kappa shape index (κ1) is 13.6. The van der Waals surface area contributed by atoms with Crippen LogP contribution >= 0.6 is 0 Å². The van der Waals surface area contributed by atoms with Crippen molar-refractivity contribution in [1.82, 2.24) is 4.90 Å². The lowest BCUT2D eigenvalue weighted by Crippen LogP contribution is -2.33. The number of hydrogen-bond donors (Lipinski definition) is 2. The van der Waals surface area contributed by atoms with Crippen LogP contribution in [0.3, 0.4) is 0 Å². The highest BCUT2D eigenvalue weighted by Gasteiger charge is 2.22. The Balaban J connectivity index is 2.00. The summed E-state index contributed by atoms with van der Waals surface area (Å²) < 4.78 is 5.39. The Morgan fingerprint density at radius 2 is 2.37 bits per heavy atom. The van der Waals surface area contributed by atoms with Gasteiger partial charge in [0.2, 0.25) is 11.8 Å². The molecule has 1 aliphatic heterocycles. The van der Waals surface area contributed by atoms with Crippen molar-refractivity contribution >= 4 is 11.8 Å². The molecule has 1 amide bonds. The molecule has 1 saturated heterocycles. The number of furan rings is 1. The third kappa shape index (κ3) is 2.95. The van der Waals surface area contributed by atoms with Crippen LogP contribution in [0.25, 0.3) is 0 Å². The van der Waals surface area contributed by atoms with E-state index in [9.17, 15) is 4.79 Å². The van der Waals surface area contributed by atoms with Crippen LogP contribution in [-0.4, -0.2) is 36.5 Å². The van der Waals surface area contributed by atoms with Gasteiger partial charge in [-0.1, -0.05) is 0 Å². The monoisotopic (exact) mass is 262 g/mol. The quantitative estimate of drug-likeness (QED) is 0.837. The van der Waals surface area contributed by atoms with Gasteiger partial charge in [-0.2, -0.15) is 5.26 Å². The minimum Gasteiger partial charge on any atom is -0.444 e. The molecule has 0 aliphatic carbocycles. The molecule has 6 nitrogen and oxygen atoms in total. The summed E-state index contributed by atoms with van der Waals surface area (Å²) in [5.41, 5.74) is 6.94. The van der Waals surface area contributed by atoms with E-state index in [-0.39, 0.29) is 24.4 Å². The second-order valence-electron chi connectivity index (χ2n) is 4.93. The van der Waals surface area contributed by atoms with Crippen molar-refractivity contribution in [2.75, 3.05) is 25.0 Å². The van der Waals surface area contributed by atoms with Gasteiger partial charge in [0, 0.05) is 24.7 Å². The van der Waals surface area contributed by atoms with E-state index in [0.717, 1.165) is 25.1 Å². The predicted molar refractivity (Wildman–Crippen MR) is 70.6 cm³/mol. The Labute approximate surface area is 112 Å². The standard InChI is InChI=1S/C13H18N4O2/c1-8-9(2)19-13(11(8)5-14)16-12(18)7-17-4-3-10(15)6-17/h10H,3-4,6-7,15H2,1-2H3,(H,16,18)/t10-/m0/s1. The maximum Gasteiger partial charge on any atom is 0.240 e. The molecule has 0 bridgehead atoms. The van der Waals surface area contributed by atoms with E-state index in [1.165, 1.54) is 0 Å². The first-order valence-electron chi connectivity index (χ1n) is 6.29. The molecule has 1 atom stereocenters. The summed E-state index contributed by atoms with van der Waals surface area (Å²) in [5, 5.41) is 11.7. The highest BCUT2D eigenvalue weighted by Crippen LogP contribution is 2.25. The van der Waals surface area contributed by atoms with Gasteiger partial charge in [-0.05, 0) is 20.3 Å². The maximum absolute atomic E-state index is 11.9. The van der Waals surface area contributed by atoms with Crippen molar-refractivity contribution in [2.45, 2.75) is 26.3 Å². The summed E-state index contributed by atoms with van der Waals surface area (Å²) in [7, 11) is 0. The minimum atomic E-state index is -0.181. The maximum atomic E-state index is 11.9. The summed E-state index contributed by atoms with van der Waals surface area (Å²) in [6.07, 6.45) is 0.912. The van der Waals surface area contributed by atoms with Gasteiger partial charge in [0.05, 0.1) is 6.54 Å². The number of nitrogens with zero attached hydrogens (tertiary/aromatic N) is 2. The fourth-order valence-electron chi connectivity index (χ4n) is 2.23.